The van der Waals surface area contributed by atoms with E-state index in [1.54, 1.807) is 31.2 Å². The van der Waals surface area contributed by atoms with E-state index in [1.807, 2.05) is 25.1 Å². The molecule has 2 aromatic rings. The van der Waals surface area contributed by atoms with Crippen molar-refractivity contribution in [1.29, 1.82) is 0 Å². The summed E-state index contributed by atoms with van der Waals surface area (Å²) in [5.74, 6) is -0.180. The zero-order valence-corrected chi connectivity index (χ0v) is 19.4. The average Bonchev–Trinajstić information content (AvgIpc) is 2.70. The first-order chi connectivity index (χ1) is 13.8. The number of benzene rings is 2. The first-order valence-corrected chi connectivity index (χ1v) is 10.8. The van der Waals surface area contributed by atoms with Gasteiger partial charge in [-0.1, -0.05) is 64.3 Å². The van der Waals surface area contributed by atoms with Crippen LogP contribution in [-0.2, 0) is 16.1 Å². The quantitative estimate of drug-likeness (QED) is 0.521. The van der Waals surface area contributed by atoms with Crippen LogP contribution >= 0.6 is 39.1 Å². The van der Waals surface area contributed by atoms with Crippen LogP contribution in [0.15, 0.2) is 46.9 Å². The van der Waals surface area contributed by atoms with Crippen molar-refractivity contribution in [1.82, 2.24) is 10.2 Å². The van der Waals surface area contributed by atoms with Crippen LogP contribution in [0, 0.1) is 0 Å². The van der Waals surface area contributed by atoms with E-state index in [-0.39, 0.29) is 25.0 Å². The molecule has 0 saturated heterocycles. The molecule has 0 spiro atoms. The van der Waals surface area contributed by atoms with Gasteiger partial charge in [-0.2, -0.15) is 0 Å². The first-order valence-electron chi connectivity index (χ1n) is 9.22. The van der Waals surface area contributed by atoms with Crippen LogP contribution in [0.4, 0.5) is 0 Å². The summed E-state index contributed by atoms with van der Waals surface area (Å²) in [7, 11) is 0. The Morgan fingerprint density at radius 3 is 2.55 bits per heavy atom. The Labute approximate surface area is 189 Å². The molecule has 0 aliphatic carbocycles. The second-order valence-corrected chi connectivity index (χ2v) is 8.17. The van der Waals surface area contributed by atoms with Crippen molar-refractivity contribution in [2.45, 2.75) is 32.9 Å². The van der Waals surface area contributed by atoms with E-state index in [0.717, 1.165) is 16.5 Å². The van der Waals surface area contributed by atoms with Crippen LogP contribution in [0.2, 0.25) is 10.0 Å². The SMILES string of the molecule is CCCNC(=O)[C@H](C)N(Cc1ccccc1Cl)C(=O)COc1ccc(Br)cc1Cl. The maximum absolute atomic E-state index is 13.0. The van der Waals surface area contributed by atoms with Gasteiger partial charge in [0.2, 0.25) is 5.91 Å². The van der Waals surface area contributed by atoms with Gasteiger partial charge in [-0.3, -0.25) is 9.59 Å². The van der Waals surface area contributed by atoms with Crippen LogP contribution in [0.25, 0.3) is 0 Å². The predicted octanol–water partition coefficient (Wildman–Crippen LogP) is 5.08. The molecule has 2 aromatic carbocycles. The van der Waals surface area contributed by atoms with E-state index in [9.17, 15) is 9.59 Å². The lowest BCUT2D eigenvalue weighted by Gasteiger charge is -2.29. The third kappa shape index (κ3) is 6.91. The number of nitrogens with one attached hydrogen (secondary N) is 1. The summed E-state index contributed by atoms with van der Waals surface area (Å²) in [6.07, 6.45) is 0.808. The highest BCUT2D eigenvalue weighted by atomic mass is 79.9. The number of nitrogens with zero attached hydrogens (tertiary/aromatic N) is 1. The summed E-state index contributed by atoms with van der Waals surface area (Å²) in [6, 6.07) is 11.7. The largest absolute Gasteiger partial charge is 0.482 e. The topological polar surface area (TPSA) is 58.6 Å². The molecule has 5 nitrogen and oxygen atoms in total. The number of halogens is 3. The van der Waals surface area contributed by atoms with Crippen molar-refractivity contribution in [2.75, 3.05) is 13.2 Å². The minimum Gasteiger partial charge on any atom is -0.482 e. The Hall–Kier alpha value is -1.76. The third-order valence-corrected chi connectivity index (χ3v) is 5.42. The summed E-state index contributed by atoms with van der Waals surface area (Å²) in [5.41, 5.74) is 0.749. The van der Waals surface area contributed by atoms with Crippen LogP contribution in [0.1, 0.15) is 25.8 Å². The monoisotopic (exact) mass is 500 g/mol. The Bertz CT molecular complexity index is 864. The maximum atomic E-state index is 13.0. The Morgan fingerprint density at radius 1 is 1.17 bits per heavy atom. The average molecular weight is 502 g/mol. The molecule has 0 heterocycles. The highest BCUT2D eigenvalue weighted by Gasteiger charge is 2.27. The van der Waals surface area contributed by atoms with Crippen LogP contribution in [-0.4, -0.2) is 35.9 Å². The van der Waals surface area contributed by atoms with Gasteiger partial charge in [0.05, 0.1) is 5.02 Å². The molecule has 0 fully saturated rings. The molecule has 29 heavy (non-hydrogen) atoms. The lowest BCUT2D eigenvalue weighted by molar-refractivity contribution is -0.142. The van der Waals surface area contributed by atoms with Crippen molar-refractivity contribution in [3.05, 3.63) is 62.5 Å². The molecule has 0 aliphatic rings. The molecule has 1 atom stereocenters. The number of rotatable bonds is 9. The van der Waals surface area contributed by atoms with Gasteiger partial charge in [0, 0.05) is 22.6 Å². The number of amides is 2. The fraction of sp³-hybridized carbons (Fsp3) is 0.333. The minimum atomic E-state index is -0.686. The van der Waals surface area contributed by atoms with E-state index in [1.165, 1.54) is 4.90 Å². The van der Waals surface area contributed by atoms with Gasteiger partial charge in [0.25, 0.3) is 5.91 Å². The number of ether oxygens (including phenoxy) is 1. The molecule has 156 valence electrons. The van der Waals surface area contributed by atoms with E-state index in [4.69, 9.17) is 27.9 Å². The van der Waals surface area contributed by atoms with E-state index >= 15 is 0 Å². The van der Waals surface area contributed by atoms with Crippen molar-refractivity contribution in [3.63, 3.8) is 0 Å². The number of hydrogen-bond donors (Lipinski definition) is 1. The van der Waals surface area contributed by atoms with Gasteiger partial charge >= 0.3 is 0 Å². The second-order valence-electron chi connectivity index (χ2n) is 6.44. The van der Waals surface area contributed by atoms with Gasteiger partial charge in [-0.05, 0) is 43.2 Å². The standard InChI is InChI=1S/C21H23BrCl2N2O3/c1-3-10-25-21(28)14(2)26(12-15-6-4-5-7-17(15)23)20(27)13-29-19-9-8-16(22)11-18(19)24/h4-9,11,14H,3,10,12-13H2,1-2H3,(H,25,28)/t14-/m0/s1. The molecule has 8 heteroatoms. The Kier molecular flexibility index (Phi) is 9.27. The van der Waals surface area contributed by atoms with Crippen LogP contribution < -0.4 is 10.1 Å². The molecule has 2 rings (SSSR count). The van der Waals surface area contributed by atoms with Crippen molar-refractivity contribution < 1.29 is 14.3 Å². The molecule has 2 amide bonds. The maximum Gasteiger partial charge on any atom is 0.261 e. The summed E-state index contributed by atoms with van der Waals surface area (Å²) in [5, 5.41) is 3.74. The first kappa shape index (κ1) is 23.5. The van der Waals surface area contributed by atoms with E-state index in [2.05, 4.69) is 21.2 Å². The molecule has 0 radical (unpaired) electrons. The fourth-order valence-corrected chi connectivity index (χ4v) is 3.53. The Balaban J connectivity index is 2.17. The molecule has 0 aliphatic heterocycles. The lowest BCUT2D eigenvalue weighted by atomic mass is 10.1. The highest BCUT2D eigenvalue weighted by Crippen LogP contribution is 2.28. The normalized spacial score (nSPS) is 11.6. The van der Waals surface area contributed by atoms with Gasteiger partial charge in [-0.25, -0.2) is 0 Å². The third-order valence-electron chi connectivity index (χ3n) is 4.26. The smallest absolute Gasteiger partial charge is 0.261 e. The molecule has 0 saturated carbocycles. The van der Waals surface area contributed by atoms with E-state index in [0.29, 0.717) is 22.3 Å². The van der Waals surface area contributed by atoms with Gasteiger partial charge in [-0.15, -0.1) is 0 Å². The molecule has 0 bridgehead atoms. The van der Waals surface area contributed by atoms with Crippen LogP contribution in [0.5, 0.6) is 5.75 Å². The van der Waals surface area contributed by atoms with E-state index < -0.39 is 6.04 Å². The molecular formula is C21H23BrCl2N2O3. The number of hydrogen-bond acceptors (Lipinski definition) is 3. The van der Waals surface area contributed by atoms with Crippen LogP contribution in [0.3, 0.4) is 0 Å². The molecule has 0 aromatic heterocycles. The number of carbonyl (C=O) groups excluding carboxylic acids is 2. The summed E-state index contributed by atoms with van der Waals surface area (Å²) >= 11 is 15.7. The fourth-order valence-electron chi connectivity index (χ4n) is 2.60. The zero-order chi connectivity index (χ0) is 21.4. The highest BCUT2D eigenvalue weighted by molar-refractivity contribution is 9.10. The summed E-state index contributed by atoms with van der Waals surface area (Å²) in [4.78, 5) is 26.9. The minimum absolute atomic E-state index is 0.191. The van der Waals surface area contributed by atoms with Gasteiger partial charge in [0.1, 0.15) is 11.8 Å². The summed E-state index contributed by atoms with van der Waals surface area (Å²) < 4.78 is 6.41. The second kappa shape index (κ2) is 11.4. The summed E-state index contributed by atoms with van der Waals surface area (Å²) in [6.45, 7) is 4.13. The lowest BCUT2D eigenvalue weighted by Crippen LogP contribution is -2.49. The van der Waals surface area contributed by atoms with Gasteiger partial charge < -0.3 is 15.0 Å². The molecule has 0 unspecified atom stereocenters. The number of carbonyl (C=O) groups is 2. The molecular weight excluding hydrogens is 479 g/mol. The van der Waals surface area contributed by atoms with Crippen molar-refractivity contribution >= 4 is 50.9 Å². The van der Waals surface area contributed by atoms with Gasteiger partial charge in [0.15, 0.2) is 6.61 Å². The van der Waals surface area contributed by atoms with Crippen molar-refractivity contribution in [2.24, 2.45) is 0 Å². The van der Waals surface area contributed by atoms with Crippen molar-refractivity contribution in [3.8, 4) is 5.75 Å². The Morgan fingerprint density at radius 2 is 1.90 bits per heavy atom. The predicted molar refractivity (Wildman–Crippen MR) is 119 cm³/mol. The molecule has 1 N–H and O–H groups in total. The zero-order valence-electron chi connectivity index (χ0n) is 16.3.